The molecule has 0 bridgehead atoms. The Hall–Kier alpha value is -4.07. The molecule has 1 unspecified atom stereocenters. The largest absolute Gasteiger partial charge is 0.489 e. The summed E-state index contributed by atoms with van der Waals surface area (Å²) in [4.78, 5) is 17.2. The molecule has 8 heteroatoms. The van der Waals surface area contributed by atoms with Gasteiger partial charge in [0.15, 0.2) is 17.3 Å². The number of hydrogen-bond acceptors (Lipinski definition) is 4. The van der Waals surface area contributed by atoms with Crippen molar-refractivity contribution in [2.75, 3.05) is 0 Å². The van der Waals surface area contributed by atoms with E-state index < -0.39 is 11.6 Å². The van der Waals surface area contributed by atoms with Crippen LogP contribution in [0.1, 0.15) is 52.3 Å². The summed E-state index contributed by atoms with van der Waals surface area (Å²) in [6.07, 6.45) is 5.81. The van der Waals surface area contributed by atoms with Gasteiger partial charge < -0.3 is 10.1 Å². The Bertz CT molecular complexity index is 1350. The number of hydrogen-bond donors (Lipinski definition) is 1. The maximum atomic E-state index is 13.8. The molecule has 2 aromatic heterocycles. The first-order chi connectivity index (χ1) is 17.0. The average Bonchev–Trinajstić information content (AvgIpc) is 3.48. The summed E-state index contributed by atoms with van der Waals surface area (Å²) >= 11 is 0. The number of nitrogens with zero attached hydrogens (tertiary/aromatic N) is 3. The average molecular weight is 475 g/mol. The number of carbonyl (C=O) groups is 1. The van der Waals surface area contributed by atoms with Gasteiger partial charge in [0.05, 0.1) is 11.7 Å². The number of pyridine rings is 1. The van der Waals surface area contributed by atoms with Crippen LogP contribution in [0.25, 0.3) is 5.69 Å². The summed E-state index contributed by atoms with van der Waals surface area (Å²) in [7, 11) is 0. The van der Waals surface area contributed by atoms with Crippen LogP contribution in [0.3, 0.4) is 0 Å². The second kappa shape index (κ2) is 9.66. The number of amides is 1. The Morgan fingerprint density at radius 3 is 2.69 bits per heavy atom. The van der Waals surface area contributed by atoms with Gasteiger partial charge in [-0.2, -0.15) is 5.10 Å². The number of aromatic nitrogens is 3. The fourth-order valence-corrected chi connectivity index (χ4v) is 4.30. The highest BCUT2D eigenvalue weighted by Gasteiger charge is 2.28. The van der Waals surface area contributed by atoms with E-state index in [-0.39, 0.29) is 11.9 Å². The summed E-state index contributed by atoms with van der Waals surface area (Å²) < 4.78 is 34.5. The zero-order valence-electron chi connectivity index (χ0n) is 19.2. The SMILES string of the molecule is CC(NC(=O)c1nn(-c2ccc(F)c(F)c2)c2c1CCC2)c1ccc(OCc2cccnc2)cc1. The highest BCUT2D eigenvalue weighted by molar-refractivity contribution is 5.94. The Labute approximate surface area is 201 Å². The lowest BCUT2D eigenvalue weighted by molar-refractivity contribution is 0.0933. The van der Waals surface area contributed by atoms with E-state index in [1.54, 1.807) is 17.1 Å². The number of rotatable bonds is 7. The molecule has 0 radical (unpaired) electrons. The Balaban J connectivity index is 1.28. The molecule has 2 aromatic carbocycles. The van der Waals surface area contributed by atoms with Gasteiger partial charge in [-0.1, -0.05) is 18.2 Å². The van der Waals surface area contributed by atoms with Crippen molar-refractivity contribution in [2.45, 2.75) is 38.8 Å². The number of ether oxygens (including phenoxy) is 1. The van der Waals surface area contributed by atoms with Gasteiger partial charge in [0, 0.05) is 35.3 Å². The molecule has 1 amide bonds. The van der Waals surface area contributed by atoms with E-state index in [9.17, 15) is 13.6 Å². The van der Waals surface area contributed by atoms with Gasteiger partial charge in [0.25, 0.3) is 5.91 Å². The lowest BCUT2D eigenvalue weighted by Crippen LogP contribution is -2.28. The molecule has 1 aliphatic carbocycles. The first-order valence-corrected chi connectivity index (χ1v) is 11.5. The van der Waals surface area contributed by atoms with Crippen molar-refractivity contribution in [1.29, 1.82) is 0 Å². The Morgan fingerprint density at radius 1 is 1.11 bits per heavy atom. The number of halogens is 2. The van der Waals surface area contributed by atoms with Crippen LogP contribution in [0, 0.1) is 11.6 Å². The van der Waals surface area contributed by atoms with E-state index in [2.05, 4.69) is 15.4 Å². The molecule has 2 heterocycles. The lowest BCUT2D eigenvalue weighted by atomic mass is 10.1. The third kappa shape index (κ3) is 4.77. The number of benzene rings is 2. The van der Waals surface area contributed by atoms with Crippen LogP contribution in [0.2, 0.25) is 0 Å². The van der Waals surface area contributed by atoms with Crippen LogP contribution in [0.4, 0.5) is 8.78 Å². The molecule has 0 saturated carbocycles. The molecule has 0 saturated heterocycles. The fourth-order valence-electron chi connectivity index (χ4n) is 4.30. The van der Waals surface area contributed by atoms with Crippen molar-refractivity contribution in [2.24, 2.45) is 0 Å². The molecule has 1 atom stereocenters. The predicted molar refractivity (Wildman–Crippen MR) is 126 cm³/mol. The highest BCUT2D eigenvalue weighted by atomic mass is 19.2. The Kier molecular flexibility index (Phi) is 6.27. The van der Waals surface area contributed by atoms with Gasteiger partial charge in [-0.05, 0) is 62.1 Å². The normalized spacial score (nSPS) is 13.3. The summed E-state index contributed by atoms with van der Waals surface area (Å²) in [5.74, 6) is -1.44. The first-order valence-electron chi connectivity index (χ1n) is 11.5. The van der Waals surface area contributed by atoms with Crippen LogP contribution in [-0.4, -0.2) is 20.7 Å². The van der Waals surface area contributed by atoms with Crippen molar-refractivity contribution in [1.82, 2.24) is 20.1 Å². The van der Waals surface area contributed by atoms with Gasteiger partial charge in [-0.3, -0.25) is 9.78 Å². The number of carbonyl (C=O) groups excluding carboxylic acids is 1. The lowest BCUT2D eigenvalue weighted by Gasteiger charge is -2.15. The molecule has 0 spiro atoms. The predicted octanol–water partition coefficient (Wildman–Crippen LogP) is 5.10. The first kappa shape index (κ1) is 22.7. The molecular weight excluding hydrogens is 450 g/mol. The van der Waals surface area contributed by atoms with Crippen LogP contribution in [0.15, 0.2) is 67.0 Å². The zero-order chi connectivity index (χ0) is 24.4. The summed E-state index contributed by atoms with van der Waals surface area (Å²) in [6.45, 7) is 2.32. The summed E-state index contributed by atoms with van der Waals surface area (Å²) in [6, 6.07) is 14.7. The topological polar surface area (TPSA) is 69.0 Å². The van der Waals surface area contributed by atoms with E-state index in [1.807, 2.05) is 43.3 Å². The van der Waals surface area contributed by atoms with Crippen molar-refractivity contribution in [3.63, 3.8) is 0 Å². The van der Waals surface area contributed by atoms with Gasteiger partial charge >= 0.3 is 0 Å². The minimum Gasteiger partial charge on any atom is -0.489 e. The van der Waals surface area contributed by atoms with Gasteiger partial charge in [0.1, 0.15) is 12.4 Å². The second-order valence-electron chi connectivity index (χ2n) is 8.55. The fraction of sp³-hybridized carbons (Fsp3) is 0.222. The van der Waals surface area contributed by atoms with E-state index in [0.717, 1.165) is 59.5 Å². The second-order valence-corrected chi connectivity index (χ2v) is 8.55. The van der Waals surface area contributed by atoms with E-state index in [4.69, 9.17) is 4.74 Å². The molecule has 4 aromatic rings. The van der Waals surface area contributed by atoms with Gasteiger partial charge in [-0.15, -0.1) is 0 Å². The molecule has 35 heavy (non-hydrogen) atoms. The van der Waals surface area contributed by atoms with Crippen molar-refractivity contribution < 1.29 is 18.3 Å². The van der Waals surface area contributed by atoms with Crippen molar-refractivity contribution >= 4 is 5.91 Å². The maximum Gasteiger partial charge on any atom is 0.272 e. The van der Waals surface area contributed by atoms with Crippen LogP contribution >= 0.6 is 0 Å². The standard InChI is InChI=1S/C27H24F2N4O2/c1-17(19-7-10-21(11-8-19)35-16-18-4-3-13-30-15-18)31-27(34)26-22-5-2-6-25(22)33(32-26)20-9-12-23(28)24(29)14-20/h3-4,7-15,17H,2,5-6,16H2,1H3,(H,31,34). The van der Waals surface area contributed by atoms with Gasteiger partial charge in [0.2, 0.25) is 0 Å². The molecule has 1 aliphatic rings. The molecule has 5 rings (SSSR count). The summed E-state index contributed by atoms with van der Waals surface area (Å²) in [5.41, 5.74) is 4.35. The quantitative estimate of drug-likeness (QED) is 0.405. The zero-order valence-corrected chi connectivity index (χ0v) is 19.2. The highest BCUT2D eigenvalue weighted by Crippen LogP contribution is 2.29. The van der Waals surface area contributed by atoms with Crippen molar-refractivity contribution in [3.05, 3.63) is 107 Å². The molecule has 1 N–H and O–H groups in total. The molecule has 0 fully saturated rings. The third-order valence-electron chi connectivity index (χ3n) is 6.15. The Morgan fingerprint density at radius 2 is 1.94 bits per heavy atom. The van der Waals surface area contributed by atoms with E-state index in [0.29, 0.717) is 18.0 Å². The van der Waals surface area contributed by atoms with Crippen LogP contribution in [-0.2, 0) is 19.4 Å². The third-order valence-corrected chi connectivity index (χ3v) is 6.15. The monoisotopic (exact) mass is 474 g/mol. The van der Waals surface area contributed by atoms with Crippen LogP contribution < -0.4 is 10.1 Å². The van der Waals surface area contributed by atoms with Gasteiger partial charge in [-0.25, -0.2) is 13.5 Å². The van der Waals surface area contributed by atoms with Crippen LogP contribution in [0.5, 0.6) is 5.75 Å². The molecule has 178 valence electrons. The smallest absolute Gasteiger partial charge is 0.272 e. The van der Waals surface area contributed by atoms with E-state index >= 15 is 0 Å². The molecule has 6 nitrogen and oxygen atoms in total. The van der Waals surface area contributed by atoms with E-state index in [1.165, 1.54) is 6.07 Å². The number of nitrogens with one attached hydrogen (secondary N) is 1. The molecular formula is C27H24F2N4O2. The minimum atomic E-state index is -0.947. The number of fused-ring (bicyclic) bond motifs is 1. The van der Waals surface area contributed by atoms with Crippen molar-refractivity contribution in [3.8, 4) is 11.4 Å². The maximum absolute atomic E-state index is 13.8. The molecule has 0 aliphatic heterocycles. The minimum absolute atomic E-state index is 0.264. The summed E-state index contributed by atoms with van der Waals surface area (Å²) in [5, 5.41) is 7.48.